The van der Waals surface area contributed by atoms with Gasteiger partial charge < -0.3 is 14.8 Å². The molecule has 1 aromatic rings. The van der Waals surface area contributed by atoms with Crippen molar-refractivity contribution in [3.05, 3.63) is 29.8 Å². The van der Waals surface area contributed by atoms with E-state index in [1.54, 1.807) is 7.11 Å². The van der Waals surface area contributed by atoms with Crippen LogP contribution in [0.25, 0.3) is 0 Å². The third-order valence-corrected chi connectivity index (χ3v) is 2.70. The van der Waals surface area contributed by atoms with Crippen LogP contribution in [0, 0.1) is 0 Å². The molecule has 0 amide bonds. The average Bonchev–Trinajstić information content (AvgIpc) is 2.32. The molecule has 3 heteroatoms. The lowest BCUT2D eigenvalue weighted by molar-refractivity contribution is 0.0856. The van der Waals surface area contributed by atoms with Crippen LogP contribution in [0.2, 0.25) is 0 Å². The van der Waals surface area contributed by atoms with E-state index >= 15 is 0 Å². The van der Waals surface area contributed by atoms with Crippen molar-refractivity contribution in [2.75, 3.05) is 20.8 Å². The molecule has 0 saturated carbocycles. The van der Waals surface area contributed by atoms with Crippen molar-refractivity contribution in [1.82, 2.24) is 5.32 Å². The fourth-order valence-corrected chi connectivity index (χ4v) is 1.75. The molecule has 16 heavy (non-hydrogen) atoms. The van der Waals surface area contributed by atoms with Gasteiger partial charge in [-0.3, -0.25) is 0 Å². The Morgan fingerprint density at radius 2 is 1.88 bits per heavy atom. The summed E-state index contributed by atoms with van der Waals surface area (Å²) in [5, 5.41) is 3.25. The molecule has 2 unspecified atom stereocenters. The predicted octanol–water partition coefficient (Wildman–Crippen LogP) is 2.38. The smallest absolute Gasteiger partial charge is 0.119 e. The number of nitrogens with one attached hydrogen (secondary N) is 1. The first-order valence-corrected chi connectivity index (χ1v) is 5.65. The van der Waals surface area contributed by atoms with Gasteiger partial charge in [-0.15, -0.1) is 0 Å². The summed E-state index contributed by atoms with van der Waals surface area (Å²) in [6.07, 6.45) is 0.142. The zero-order valence-electron chi connectivity index (χ0n) is 10.5. The molecule has 2 atom stereocenters. The van der Waals surface area contributed by atoms with Crippen molar-refractivity contribution in [3.63, 3.8) is 0 Å². The van der Waals surface area contributed by atoms with Gasteiger partial charge in [0.25, 0.3) is 0 Å². The van der Waals surface area contributed by atoms with Crippen molar-refractivity contribution in [3.8, 4) is 5.75 Å². The molecule has 90 valence electrons. The topological polar surface area (TPSA) is 30.5 Å². The fraction of sp³-hybridized carbons (Fsp3) is 0.538. The van der Waals surface area contributed by atoms with Gasteiger partial charge in [0.1, 0.15) is 5.75 Å². The Balaban J connectivity index is 2.78. The molecule has 0 aromatic heterocycles. The number of methoxy groups -OCH3 is 1. The summed E-state index contributed by atoms with van der Waals surface area (Å²) in [7, 11) is 3.67. The van der Waals surface area contributed by atoms with Crippen molar-refractivity contribution in [1.29, 1.82) is 0 Å². The van der Waals surface area contributed by atoms with Gasteiger partial charge in [0.2, 0.25) is 0 Å². The molecule has 3 nitrogen and oxygen atoms in total. The molecule has 1 N–H and O–H groups in total. The maximum Gasteiger partial charge on any atom is 0.119 e. The maximum atomic E-state index is 5.41. The highest BCUT2D eigenvalue weighted by Crippen LogP contribution is 2.21. The fourth-order valence-electron chi connectivity index (χ4n) is 1.75. The van der Waals surface area contributed by atoms with Crippen molar-refractivity contribution >= 4 is 0 Å². The van der Waals surface area contributed by atoms with E-state index in [9.17, 15) is 0 Å². The summed E-state index contributed by atoms with van der Waals surface area (Å²) >= 11 is 0. The molecular weight excluding hydrogens is 202 g/mol. The highest BCUT2D eigenvalue weighted by atomic mass is 16.5. The first kappa shape index (κ1) is 13.0. The minimum Gasteiger partial charge on any atom is -0.494 e. The van der Waals surface area contributed by atoms with Crippen LogP contribution in [0.15, 0.2) is 24.3 Å². The Bertz CT molecular complexity index is 297. The van der Waals surface area contributed by atoms with Crippen LogP contribution in [0.1, 0.15) is 25.5 Å². The number of benzene rings is 1. The third kappa shape index (κ3) is 3.22. The average molecular weight is 223 g/mol. The quantitative estimate of drug-likeness (QED) is 0.803. The van der Waals surface area contributed by atoms with Crippen LogP contribution in [-0.2, 0) is 4.74 Å². The lowest BCUT2D eigenvalue weighted by Gasteiger charge is -2.22. The first-order valence-electron chi connectivity index (χ1n) is 5.65. The van der Waals surface area contributed by atoms with E-state index < -0.39 is 0 Å². The molecular formula is C13H21NO2. The van der Waals surface area contributed by atoms with Gasteiger partial charge in [-0.05, 0) is 38.6 Å². The zero-order chi connectivity index (χ0) is 12.0. The van der Waals surface area contributed by atoms with Gasteiger partial charge in [-0.2, -0.15) is 0 Å². The number of rotatable bonds is 6. The van der Waals surface area contributed by atoms with E-state index in [0.717, 1.165) is 5.75 Å². The maximum absolute atomic E-state index is 5.41. The van der Waals surface area contributed by atoms with Gasteiger partial charge in [-0.25, -0.2) is 0 Å². The van der Waals surface area contributed by atoms with Crippen LogP contribution in [0.4, 0.5) is 0 Å². The Labute approximate surface area is 97.8 Å². The van der Waals surface area contributed by atoms with E-state index in [1.807, 2.05) is 26.1 Å². The monoisotopic (exact) mass is 223 g/mol. The summed E-state index contributed by atoms with van der Waals surface area (Å²) in [5.74, 6) is 0.908. The van der Waals surface area contributed by atoms with Crippen molar-refractivity contribution in [2.24, 2.45) is 0 Å². The summed E-state index contributed by atoms with van der Waals surface area (Å²) in [6, 6.07) is 8.33. The molecule has 0 aliphatic rings. The van der Waals surface area contributed by atoms with E-state index in [0.29, 0.717) is 6.61 Å². The molecule has 0 heterocycles. The van der Waals surface area contributed by atoms with Crippen LogP contribution in [0.5, 0.6) is 5.75 Å². The molecule has 0 aliphatic heterocycles. The third-order valence-electron chi connectivity index (χ3n) is 2.70. The van der Waals surface area contributed by atoms with Crippen LogP contribution in [0.3, 0.4) is 0 Å². The number of ether oxygens (including phenoxy) is 2. The van der Waals surface area contributed by atoms with E-state index in [4.69, 9.17) is 9.47 Å². The Morgan fingerprint density at radius 1 is 1.25 bits per heavy atom. The minimum atomic E-state index is 0.142. The predicted molar refractivity (Wildman–Crippen MR) is 65.9 cm³/mol. The second-order valence-corrected chi connectivity index (χ2v) is 3.71. The minimum absolute atomic E-state index is 0.142. The van der Waals surface area contributed by atoms with E-state index in [1.165, 1.54) is 5.56 Å². The van der Waals surface area contributed by atoms with Crippen molar-refractivity contribution in [2.45, 2.75) is 26.0 Å². The SMILES string of the molecule is CCOc1ccc(C(NC)C(C)OC)cc1. The van der Waals surface area contributed by atoms with Gasteiger partial charge in [-0.1, -0.05) is 12.1 Å². The van der Waals surface area contributed by atoms with Gasteiger partial charge in [0, 0.05) is 7.11 Å². The molecule has 0 saturated heterocycles. The standard InChI is InChI=1S/C13H21NO2/c1-5-16-12-8-6-11(7-9-12)13(14-3)10(2)15-4/h6-10,13-14H,5H2,1-4H3. The number of likely N-dealkylation sites (N-methyl/N-ethyl adjacent to an activating group) is 1. The number of hydrogen-bond acceptors (Lipinski definition) is 3. The molecule has 1 aromatic carbocycles. The summed E-state index contributed by atoms with van der Waals surface area (Å²) < 4.78 is 10.8. The number of hydrogen-bond donors (Lipinski definition) is 1. The Morgan fingerprint density at radius 3 is 2.31 bits per heavy atom. The zero-order valence-corrected chi connectivity index (χ0v) is 10.5. The molecule has 0 fully saturated rings. The second kappa shape index (κ2) is 6.51. The van der Waals surface area contributed by atoms with E-state index in [-0.39, 0.29) is 12.1 Å². The van der Waals surface area contributed by atoms with Crippen LogP contribution >= 0.6 is 0 Å². The summed E-state index contributed by atoms with van der Waals surface area (Å²) in [6.45, 7) is 4.73. The van der Waals surface area contributed by atoms with Gasteiger partial charge in [0.05, 0.1) is 18.8 Å². The van der Waals surface area contributed by atoms with Crippen LogP contribution in [-0.4, -0.2) is 26.9 Å². The molecule has 0 spiro atoms. The second-order valence-electron chi connectivity index (χ2n) is 3.71. The largest absolute Gasteiger partial charge is 0.494 e. The highest BCUT2D eigenvalue weighted by molar-refractivity contribution is 5.29. The summed E-state index contributed by atoms with van der Waals surface area (Å²) in [4.78, 5) is 0. The lowest BCUT2D eigenvalue weighted by Crippen LogP contribution is -2.28. The van der Waals surface area contributed by atoms with Crippen LogP contribution < -0.4 is 10.1 Å². The normalized spacial score (nSPS) is 14.5. The molecule has 1 rings (SSSR count). The van der Waals surface area contributed by atoms with E-state index in [2.05, 4.69) is 24.4 Å². The molecule has 0 bridgehead atoms. The lowest BCUT2D eigenvalue weighted by atomic mass is 10.0. The Kier molecular flexibility index (Phi) is 5.29. The van der Waals surface area contributed by atoms with Gasteiger partial charge in [0.15, 0.2) is 0 Å². The van der Waals surface area contributed by atoms with Crippen molar-refractivity contribution < 1.29 is 9.47 Å². The molecule has 0 aliphatic carbocycles. The Hall–Kier alpha value is -1.06. The van der Waals surface area contributed by atoms with Gasteiger partial charge >= 0.3 is 0 Å². The highest BCUT2D eigenvalue weighted by Gasteiger charge is 2.16. The molecule has 0 radical (unpaired) electrons. The first-order chi connectivity index (χ1) is 7.72. The summed E-state index contributed by atoms with van der Waals surface area (Å²) in [5.41, 5.74) is 1.21.